The maximum absolute atomic E-state index is 13.8. The number of halogens is 4. The van der Waals surface area contributed by atoms with E-state index in [-0.39, 0.29) is 12.3 Å². The van der Waals surface area contributed by atoms with E-state index in [1.54, 1.807) is 6.07 Å². The van der Waals surface area contributed by atoms with Gasteiger partial charge in [-0.15, -0.1) is 0 Å². The molecule has 0 unspecified atom stereocenters. The highest BCUT2D eigenvalue weighted by Gasteiger charge is 2.20. The van der Waals surface area contributed by atoms with E-state index in [9.17, 15) is 22.4 Å². The van der Waals surface area contributed by atoms with E-state index in [2.05, 4.69) is 10.1 Å². The van der Waals surface area contributed by atoms with E-state index in [1.807, 2.05) is 0 Å². The molecule has 0 aliphatic heterocycles. The average Bonchev–Trinajstić information content (AvgIpc) is 2.45. The smallest absolute Gasteiger partial charge is 0.387 e. The van der Waals surface area contributed by atoms with Gasteiger partial charge in [0.15, 0.2) is 0 Å². The number of carbonyl (C=O) groups is 1. The highest BCUT2D eigenvalue weighted by molar-refractivity contribution is 6.04. The number of hydrogen-bond donors (Lipinski definition) is 2. The molecule has 0 saturated heterocycles. The van der Waals surface area contributed by atoms with E-state index in [0.29, 0.717) is 17.7 Å². The van der Waals surface area contributed by atoms with Crippen LogP contribution in [0.4, 0.5) is 23.2 Å². The van der Waals surface area contributed by atoms with Crippen molar-refractivity contribution in [3.63, 3.8) is 0 Å². The first-order chi connectivity index (χ1) is 10.9. The van der Waals surface area contributed by atoms with E-state index in [1.165, 1.54) is 18.2 Å². The fraction of sp³-hybridized carbons (Fsp3) is 0.133. The Morgan fingerprint density at radius 1 is 1.17 bits per heavy atom. The molecule has 0 saturated carbocycles. The van der Waals surface area contributed by atoms with Crippen LogP contribution in [0.2, 0.25) is 0 Å². The van der Waals surface area contributed by atoms with Crippen molar-refractivity contribution in [1.82, 2.24) is 0 Å². The lowest BCUT2D eigenvalue weighted by Gasteiger charge is -2.10. The second-order valence-corrected chi connectivity index (χ2v) is 4.45. The molecule has 4 nitrogen and oxygen atoms in total. The number of nitrogens with one attached hydrogen (secondary N) is 1. The molecule has 0 bridgehead atoms. The zero-order chi connectivity index (χ0) is 17.0. The molecule has 0 aromatic heterocycles. The largest absolute Gasteiger partial charge is 0.435 e. The summed E-state index contributed by atoms with van der Waals surface area (Å²) in [5.74, 6) is -4.50. The van der Waals surface area contributed by atoms with Gasteiger partial charge in [0.1, 0.15) is 22.9 Å². The molecule has 2 aromatic carbocycles. The number of aliphatic hydroxyl groups excluding tert-OH is 1. The van der Waals surface area contributed by atoms with Gasteiger partial charge in [0.05, 0.1) is 6.61 Å². The van der Waals surface area contributed by atoms with Crippen molar-refractivity contribution in [2.75, 3.05) is 5.32 Å². The minimum absolute atomic E-state index is 0.216. The molecule has 0 radical (unpaired) electrons. The first kappa shape index (κ1) is 16.8. The van der Waals surface area contributed by atoms with Gasteiger partial charge in [-0.1, -0.05) is 12.1 Å². The number of rotatable bonds is 5. The highest BCUT2D eigenvalue weighted by Crippen LogP contribution is 2.23. The summed E-state index contributed by atoms with van der Waals surface area (Å²) >= 11 is 0. The van der Waals surface area contributed by atoms with Crippen LogP contribution in [0.3, 0.4) is 0 Å². The fourth-order valence-corrected chi connectivity index (χ4v) is 1.88. The summed E-state index contributed by atoms with van der Waals surface area (Å²) in [7, 11) is 0. The Morgan fingerprint density at radius 2 is 1.83 bits per heavy atom. The van der Waals surface area contributed by atoms with E-state index < -0.39 is 35.5 Å². The molecule has 0 aliphatic rings. The Kier molecular flexibility index (Phi) is 5.17. The number of alkyl halides is 2. The Bertz CT molecular complexity index is 699. The van der Waals surface area contributed by atoms with Gasteiger partial charge >= 0.3 is 6.61 Å². The number of ether oxygens (including phenoxy) is 1. The number of amides is 1. The van der Waals surface area contributed by atoms with Crippen molar-refractivity contribution in [2.24, 2.45) is 0 Å². The monoisotopic (exact) mass is 329 g/mol. The molecule has 0 heterocycles. The van der Waals surface area contributed by atoms with Crippen LogP contribution >= 0.6 is 0 Å². The van der Waals surface area contributed by atoms with Gasteiger partial charge in [-0.2, -0.15) is 8.78 Å². The Balaban J connectivity index is 2.25. The maximum atomic E-state index is 13.8. The molecule has 0 aliphatic carbocycles. The van der Waals surface area contributed by atoms with Crippen molar-refractivity contribution in [3.05, 3.63) is 59.2 Å². The first-order valence-corrected chi connectivity index (χ1v) is 6.35. The number of benzene rings is 2. The van der Waals surface area contributed by atoms with E-state index >= 15 is 0 Å². The Labute approximate surface area is 128 Å². The molecule has 0 spiro atoms. The van der Waals surface area contributed by atoms with Crippen LogP contribution in [0.1, 0.15) is 15.9 Å². The predicted octanol–water partition coefficient (Wildman–Crippen LogP) is 3.31. The number of aliphatic hydroxyl groups is 1. The summed E-state index contributed by atoms with van der Waals surface area (Å²) in [6, 6.07) is 6.99. The lowest BCUT2D eigenvalue weighted by molar-refractivity contribution is -0.0501. The molecule has 23 heavy (non-hydrogen) atoms. The molecule has 0 atom stereocenters. The zero-order valence-corrected chi connectivity index (χ0v) is 11.5. The normalized spacial score (nSPS) is 10.7. The molecular weight excluding hydrogens is 318 g/mol. The van der Waals surface area contributed by atoms with Crippen LogP contribution in [-0.2, 0) is 6.61 Å². The standard InChI is InChI=1S/C15H11F4NO3/c16-11-5-10(23-15(18)19)6-12(17)13(11)14(22)20-9-3-1-2-8(4-9)7-21/h1-6,15,21H,7H2,(H,20,22). The topological polar surface area (TPSA) is 58.6 Å². The van der Waals surface area contributed by atoms with Crippen molar-refractivity contribution >= 4 is 11.6 Å². The minimum atomic E-state index is -3.24. The number of hydrogen-bond acceptors (Lipinski definition) is 3. The molecule has 8 heteroatoms. The minimum Gasteiger partial charge on any atom is -0.435 e. The van der Waals surface area contributed by atoms with Crippen LogP contribution in [0.5, 0.6) is 5.75 Å². The molecule has 2 N–H and O–H groups in total. The lowest BCUT2D eigenvalue weighted by atomic mass is 10.1. The zero-order valence-electron chi connectivity index (χ0n) is 11.5. The van der Waals surface area contributed by atoms with E-state index in [0.717, 1.165) is 0 Å². The third-order valence-corrected chi connectivity index (χ3v) is 2.84. The van der Waals surface area contributed by atoms with Gasteiger partial charge in [0.2, 0.25) is 0 Å². The molecule has 1 amide bonds. The fourth-order valence-electron chi connectivity index (χ4n) is 1.88. The number of anilines is 1. The maximum Gasteiger partial charge on any atom is 0.387 e. The molecule has 0 fully saturated rings. The van der Waals surface area contributed by atoms with Crippen LogP contribution in [0.15, 0.2) is 36.4 Å². The molecule has 2 rings (SSSR count). The van der Waals surface area contributed by atoms with Crippen LogP contribution < -0.4 is 10.1 Å². The second kappa shape index (κ2) is 7.10. The van der Waals surface area contributed by atoms with Gasteiger partial charge in [0, 0.05) is 17.8 Å². The highest BCUT2D eigenvalue weighted by atomic mass is 19.3. The van der Waals surface area contributed by atoms with Crippen molar-refractivity contribution in [1.29, 1.82) is 0 Å². The second-order valence-electron chi connectivity index (χ2n) is 4.45. The van der Waals surface area contributed by atoms with Crippen LogP contribution in [0, 0.1) is 11.6 Å². The SMILES string of the molecule is O=C(Nc1cccc(CO)c1)c1c(F)cc(OC(F)F)cc1F. The Morgan fingerprint density at radius 3 is 2.39 bits per heavy atom. The van der Waals surface area contributed by atoms with Crippen molar-refractivity contribution in [2.45, 2.75) is 13.2 Å². The molecule has 122 valence electrons. The quantitative estimate of drug-likeness (QED) is 0.828. The lowest BCUT2D eigenvalue weighted by Crippen LogP contribution is -2.16. The summed E-state index contributed by atoms with van der Waals surface area (Å²) in [6.07, 6.45) is 0. The third kappa shape index (κ3) is 4.19. The van der Waals surface area contributed by atoms with Crippen molar-refractivity contribution < 1.29 is 32.2 Å². The predicted molar refractivity (Wildman–Crippen MR) is 73.3 cm³/mol. The Hall–Kier alpha value is -2.61. The summed E-state index contributed by atoms with van der Waals surface area (Å²) in [6.45, 7) is -3.51. The summed E-state index contributed by atoms with van der Waals surface area (Å²) in [4.78, 5) is 11.9. The number of carbonyl (C=O) groups excluding carboxylic acids is 1. The summed E-state index contributed by atoms with van der Waals surface area (Å²) < 4.78 is 55.5. The third-order valence-electron chi connectivity index (χ3n) is 2.84. The van der Waals surface area contributed by atoms with Crippen molar-refractivity contribution in [3.8, 4) is 5.75 Å². The van der Waals surface area contributed by atoms with E-state index in [4.69, 9.17) is 5.11 Å². The molecule has 2 aromatic rings. The molecular formula is C15H11F4NO3. The van der Waals surface area contributed by atoms with Crippen LogP contribution in [-0.4, -0.2) is 17.6 Å². The summed E-state index contributed by atoms with van der Waals surface area (Å²) in [5, 5.41) is 11.3. The van der Waals surface area contributed by atoms with Crippen LogP contribution in [0.25, 0.3) is 0 Å². The average molecular weight is 329 g/mol. The first-order valence-electron chi connectivity index (χ1n) is 6.35. The van der Waals surface area contributed by atoms with Gasteiger partial charge in [0.25, 0.3) is 5.91 Å². The van der Waals surface area contributed by atoms with Gasteiger partial charge in [-0.3, -0.25) is 4.79 Å². The van der Waals surface area contributed by atoms with Gasteiger partial charge in [-0.05, 0) is 17.7 Å². The summed E-state index contributed by atoms with van der Waals surface area (Å²) in [5.41, 5.74) is -0.223. The van der Waals surface area contributed by atoms with Gasteiger partial charge in [-0.25, -0.2) is 8.78 Å². The van der Waals surface area contributed by atoms with Gasteiger partial charge < -0.3 is 15.2 Å².